The number of fused-ring (bicyclic) bond motifs is 1. The van der Waals surface area contributed by atoms with Gasteiger partial charge in [-0.05, 0) is 37.5 Å². The van der Waals surface area contributed by atoms with Crippen LogP contribution in [-0.4, -0.2) is 55.0 Å². The third kappa shape index (κ3) is 4.94. The van der Waals surface area contributed by atoms with Crippen LogP contribution in [0.1, 0.15) is 48.2 Å². The highest BCUT2D eigenvalue weighted by Crippen LogP contribution is 2.46. The fourth-order valence-electron chi connectivity index (χ4n) is 5.04. The lowest BCUT2D eigenvalue weighted by Gasteiger charge is -2.40. The zero-order chi connectivity index (χ0) is 29.8. The molecule has 4 aromatic rings. The van der Waals surface area contributed by atoms with Gasteiger partial charge in [0.2, 0.25) is 5.88 Å². The summed E-state index contributed by atoms with van der Waals surface area (Å²) in [5.41, 5.74) is 0.199. The standard InChI is InChI=1S/C28H27F4N7O3/c1-27(12-40)18-9-33-23(21-22(16-5-6-16)34-13-35-26(21)41-3)37-25(18)39(14-42-27)10-15-4-7-17(19(29)8-15)24-36-20(11-38(24)2)28(30,31)32/h4,7-9,11,13,16,40H,5-6,10,12,14H2,1-3H3. The lowest BCUT2D eigenvalue weighted by Crippen LogP contribution is -2.43. The number of ether oxygens (including phenoxy) is 2. The zero-order valence-electron chi connectivity index (χ0n) is 23.0. The maximum absolute atomic E-state index is 15.3. The van der Waals surface area contributed by atoms with E-state index in [1.807, 2.05) is 0 Å². The number of rotatable bonds is 7. The largest absolute Gasteiger partial charge is 0.480 e. The molecule has 42 heavy (non-hydrogen) atoms. The number of hydrogen-bond donors (Lipinski definition) is 1. The first-order valence-corrected chi connectivity index (χ1v) is 13.2. The molecule has 0 bridgehead atoms. The molecule has 14 heteroatoms. The van der Waals surface area contributed by atoms with Crippen LogP contribution in [0.25, 0.3) is 22.8 Å². The minimum absolute atomic E-state index is 0.0239. The van der Waals surface area contributed by atoms with Gasteiger partial charge in [0.1, 0.15) is 41.7 Å². The molecule has 1 aromatic carbocycles. The van der Waals surface area contributed by atoms with Crippen LogP contribution in [0.2, 0.25) is 0 Å². The van der Waals surface area contributed by atoms with Crippen LogP contribution in [0.5, 0.6) is 5.88 Å². The predicted molar refractivity (Wildman–Crippen MR) is 142 cm³/mol. The quantitative estimate of drug-likeness (QED) is 0.312. The average molecular weight is 586 g/mol. The molecule has 10 nitrogen and oxygen atoms in total. The summed E-state index contributed by atoms with van der Waals surface area (Å²) < 4.78 is 67.3. The summed E-state index contributed by atoms with van der Waals surface area (Å²) in [5.74, 6) is 0.550. The number of aliphatic hydroxyl groups is 1. The second-order valence-electron chi connectivity index (χ2n) is 10.6. The molecule has 0 saturated heterocycles. The fraction of sp³-hybridized carbons (Fsp3) is 0.393. The van der Waals surface area contributed by atoms with Crippen LogP contribution in [0, 0.1) is 5.82 Å². The smallest absolute Gasteiger partial charge is 0.434 e. The van der Waals surface area contributed by atoms with Gasteiger partial charge >= 0.3 is 6.18 Å². The van der Waals surface area contributed by atoms with Crippen LogP contribution < -0.4 is 9.64 Å². The van der Waals surface area contributed by atoms with Gasteiger partial charge in [-0.3, -0.25) is 0 Å². The highest BCUT2D eigenvalue weighted by atomic mass is 19.4. The number of aromatic nitrogens is 6. The minimum Gasteiger partial charge on any atom is -0.480 e. The van der Waals surface area contributed by atoms with Gasteiger partial charge in [-0.15, -0.1) is 0 Å². The van der Waals surface area contributed by atoms with E-state index in [0.29, 0.717) is 34.2 Å². The molecule has 1 aliphatic heterocycles. The highest BCUT2D eigenvalue weighted by Gasteiger charge is 2.39. The van der Waals surface area contributed by atoms with Crippen molar-refractivity contribution in [1.29, 1.82) is 0 Å². The summed E-state index contributed by atoms with van der Waals surface area (Å²) in [6, 6.07) is 4.26. The number of methoxy groups -OCH3 is 1. The van der Waals surface area contributed by atoms with E-state index in [2.05, 4.69) is 19.9 Å². The van der Waals surface area contributed by atoms with Crippen LogP contribution >= 0.6 is 0 Å². The number of aliphatic hydroxyl groups excluding tert-OH is 1. The second-order valence-corrected chi connectivity index (χ2v) is 10.6. The van der Waals surface area contributed by atoms with Crippen LogP contribution in [0.4, 0.5) is 23.4 Å². The molecule has 1 unspecified atom stereocenters. The monoisotopic (exact) mass is 585 g/mol. The van der Waals surface area contributed by atoms with Crippen LogP contribution in [-0.2, 0) is 30.1 Å². The molecule has 1 atom stereocenters. The van der Waals surface area contributed by atoms with Gasteiger partial charge < -0.3 is 24.0 Å². The van der Waals surface area contributed by atoms with Gasteiger partial charge in [0.25, 0.3) is 0 Å². The number of aryl methyl sites for hydroxylation is 1. The Bertz CT molecular complexity index is 1660. The minimum atomic E-state index is -4.65. The molecule has 1 saturated carbocycles. The first-order chi connectivity index (χ1) is 20.0. The van der Waals surface area contributed by atoms with E-state index < -0.39 is 23.3 Å². The van der Waals surface area contributed by atoms with E-state index in [9.17, 15) is 18.3 Å². The Labute approximate surface area is 238 Å². The lowest BCUT2D eigenvalue weighted by atomic mass is 9.96. The fourth-order valence-corrected chi connectivity index (χ4v) is 5.04. The van der Waals surface area contributed by atoms with Gasteiger partial charge in [0, 0.05) is 37.5 Å². The second kappa shape index (κ2) is 10.3. The molecule has 6 rings (SSSR count). The van der Waals surface area contributed by atoms with Crippen molar-refractivity contribution in [3.63, 3.8) is 0 Å². The van der Waals surface area contributed by atoms with Crippen molar-refractivity contribution in [2.75, 3.05) is 25.3 Å². The summed E-state index contributed by atoms with van der Waals surface area (Å²) >= 11 is 0. The van der Waals surface area contributed by atoms with Crippen molar-refractivity contribution < 1.29 is 32.1 Å². The molecule has 0 spiro atoms. The number of hydrogen-bond acceptors (Lipinski definition) is 9. The first-order valence-electron chi connectivity index (χ1n) is 13.2. The Balaban J connectivity index is 1.37. The molecule has 0 radical (unpaired) electrons. The summed E-state index contributed by atoms with van der Waals surface area (Å²) in [6.07, 6.45) is 1.18. The predicted octanol–water partition coefficient (Wildman–Crippen LogP) is 4.58. The maximum Gasteiger partial charge on any atom is 0.434 e. The molecule has 1 aliphatic carbocycles. The SMILES string of the molecule is COc1ncnc(C2CC2)c1-c1ncc2c(n1)N(Cc1ccc(-c3nc(C(F)(F)F)cn3C)c(F)c1)COC2(C)CO. The van der Waals surface area contributed by atoms with E-state index in [1.165, 1.54) is 32.6 Å². The molecule has 0 amide bonds. The molecular formula is C28H27F4N7O3. The molecular weight excluding hydrogens is 558 g/mol. The highest BCUT2D eigenvalue weighted by molar-refractivity contribution is 5.68. The van der Waals surface area contributed by atoms with E-state index >= 15 is 4.39 Å². The molecule has 1 N–H and O–H groups in total. The number of anilines is 1. The average Bonchev–Trinajstić information content (AvgIpc) is 3.74. The zero-order valence-corrected chi connectivity index (χ0v) is 23.0. The summed E-state index contributed by atoms with van der Waals surface area (Å²) in [6.45, 7) is 1.57. The maximum atomic E-state index is 15.3. The lowest BCUT2D eigenvalue weighted by molar-refractivity contribution is -0.140. The molecule has 1 fully saturated rings. The van der Waals surface area contributed by atoms with Crippen molar-refractivity contribution in [3.8, 4) is 28.7 Å². The van der Waals surface area contributed by atoms with Crippen molar-refractivity contribution >= 4 is 5.82 Å². The van der Waals surface area contributed by atoms with E-state index in [0.717, 1.165) is 29.3 Å². The summed E-state index contributed by atoms with van der Waals surface area (Å²) in [4.78, 5) is 23.5. The topological polar surface area (TPSA) is 111 Å². The Hall–Kier alpha value is -4.17. The summed E-state index contributed by atoms with van der Waals surface area (Å²) in [7, 11) is 2.89. The van der Waals surface area contributed by atoms with Gasteiger partial charge in [0.05, 0.1) is 25.0 Å². The normalized spacial score (nSPS) is 18.7. The number of halogens is 4. The molecule has 3 aromatic heterocycles. The number of imidazole rings is 1. The van der Waals surface area contributed by atoms with Gasteiger partial charge in [-0.2, -0.15) is 13.2 Å². The van der Waals surface area contributed by atoms with E-state index in [1.54, 1.807) is 24.1 Å². The van der Waals surface area contributed by atoms with Gasteiger partial charge in [-0.1, -0.05) is 6.07 Å². The van der Waals surface area contributed by atoms with Crippen molar-refractivity contribution in [3.05, 3.63) is 65.3 Å². The molecule has 2 aliphatic rings. The van der Waals surface area contributed by atoms with Gasteiger partial charge in [0.15, 0.2) is 11.5 Å². The number of benzene rings is 1. The Morgan fingerprint density at radius 1 is 1.17 bits per heavy atom. The van der Waals surface area contributed by atoms with Crippen LogP contribution in [0.15, 0.2) is 36.9 Å². The Morgan fingerprint density at radius 2 is 1.95 bits per heavy atom. The first kappa shape index (κ1) is 28.0. The van der Waals surface area contributed by atoms with E-state index in [4.69, 9.17) is 14.5 Å². The number of nitrogens with zero attached hydrogens (tertiary/aromatic N) is 7. The number of alkyl halides is 3. The third-order valence-electron chi connectivity index (χ3n) is 7.52. The van der Waals surface area contributed by atoms with Crippen molar-refractivity contribution in [2.24, 2.45) is 7.05 Å². The van der Waals surface area contributed by atoms with E-state index in [-0.39, 0.29) is 37.2 Å². The third-order valence-corrected chi connectivity index (χ3v) is 7.52. The van der Waals surface area contributed by atoms with Crippen molar-refractivity contribution in [1.82, 2.24) is 29.5 Å². The van der Waals surface area contributed by atoms with Crippen LogP contribution in [0.3, 0.4) is 0 Å². The Morgan fingerprint density at radius 3 is 2.60 bits per heavy atom. The summed E-state index contributed by atoms with van der Waals surface area (Å²) in [5, 5.41) is 10.1. The molecule has 220 valence electrons. The Kier molecular flexibility index (Phi) is 6.84. The molecule has 4 heterocycles. The van der Waals surface area contributed by atoms with Crippen molar-refractivity contribution in [2.45, 2.75) is 44.0 Å². The van der Waals surface area contributed by atoms with Gasteiger partial charge in [-0.25, -0.2) is 29.3 Å².